The van der Waals surface area contributed by atoms with E-state index in [0.717, 1.165) is 25.8 Å². The zero-order valence-electron chi connectivity index (χ0n) is 13.4. The number of ether oxygens (including phenoxy) is 1. The molecule has 0 bridgehead atoms. The van der Waals surface area contributed by atoms with Gasteiger partial charge >= 0.3 is 5.97 Å². The lowest BCUT2D eigenvalue weighted by Gasteiger charge is -2.42. The van der Waals surface area contributed by atoms with Gasteiger partial charge in [-0.1, -0.05) is 6.42 Å². The van der Waals surface area contributed by atoms with Gasteiger partial charge in [0.25, 0.3) is 0 Å². The van der Waals surface area contributed by atoms with Crippen LogP contribution in [0.1, 0.15) is 45.4 Å². The summed E-state index contributed by atoms with van der Waals surface area (Å²) >= 11 is 0. The van der Waals surface area contributed by atoms with E-state index in [1.807, 2.05) is 6.92 Å². The molecule has 7 nitrogen and oxygen atoms in total. The Labute approximate surface area is 132 Å². The molecule has 4 atom stereocenters. The van der Waals surface area contributed by atoms with E-state index in [1.54, 1.807) is 0 Å². The zero-order chi connectivity index (χ0) is 15.9. The Morgan fingerprint density at radius 2 is 2.18 bits per heavy atom. The monoisotopic (exact) mass is 311 g/mol. The van der Waals surface area contributed by atoms with E-state index in [-0.39, 0.29) is 12.0 Å². The summed E-state index contributed by atoms with van der Waals surface area (Å²) in [5.41, 5.74) is 8.00. The minimum atomic E-state index is -0.131. The largest absolute Gasteiger partial charge is 0.465 e. The van der Waals surface area contributed by atoms with Gasteiger partial charge in [-0.3, -0.25) is 4.79 Å². The van der Waals surface area contributed by atoms with E-state index in [9.17, 15) is 4.79 Å². The van der Waals surface area contributed by atoms with Crippen LogP contribution in [0.5, 0.6) is 0 Å². The van der Waals surface area contributed by atoms with Gasteiger partial charge in [-0.15, -0.1) is 0 Å². The lowest BCUT2D eigenvalue weighted by Crippen LogP contribution is -2.50. The Hall–Kier alpha value is -1.34. The number of nitrogens with one attached hydrogen (secondary N) is 2. The van der Waals surface area contributed by atoms with E-state index in [0.29, 0.717) is 30.2 Å². The lowest BCUT2D eigenvalue weighted by molar-refractivity contribution is -0.147. The molecule has 0 aromatic heterocycles. The molecule has 0 amide bonds. The topological polar surface area (TPSA) is 115 Å². The van der Waals surface area contributed by atoms with Crippen molar-refractivity contribution in [2.75, 3.05) is 13.2 Å². The maximum atomic E-state index is 11.9. The molecule has 0 aromatic carbocycles. The summed E-state index contributed by atoms with van der Waals surface area (Å²) in [6.45, 7) is 3.23. The molecule has 126 valence electrons. The number of fused-ring (bicyclic) bond motifs is 1. The second-order valence-electron chi connectivity index (χ2n) is 6.42. The van der Waals surface area contributed by atoms with Crippen molar-refractivity contribution in [1.29, 1.82) is 0 Å². The number of hydrazone groups is 1. The first-order valence-corrected chi connectivity index (χ1v) is 8.31. The van der Waals surface area contributed by atoms with Crippen LogP contribution in [0.4, 0.5) is 0 Å². The molecular formula is C15H29N5O2. The van der Waals surface area contributed by atoms with Gasteiger partial charge in [-0.2, -0.15) is 5.10 Å². The van der Waals surface area contributed by atoms with Crippen LogP contribution in [0.3, 0.4) is 0 Å². The highest BCUT2D eigenvalue weighted by Crippen LogP contribution is 2.40. The molecule has 6 N–H and O–H groups in total. The van der Waals surface area contributed by atoms with Crippen LogP contribution in [0.15, 0.2) is 5.10 Å². The minimum absolute atomic E-state index is 0.103. The number of hydrogen-bond acceptors (Lipinski definition) is 6. The molecule has 1 saturated carbocycles. The van der Waals surface area contributed by atoms with Gasteiger partial charge in [0, 0.05) is 6.42 Å². The third kappa shape index (κ3) is 4.58. The van der Waals surface area contributed by atoms with Crippen LogP contribution in [0.2, 0.25) is 0 Å². The van der Waals surface area contributed by atoms with Crippen molar-refractivity contribution in [3.63, 3.8) is 0 Å². The van der Waals surface area contributed by atoms with Crippen LogP contribution in [0, 0.1) is 17.8 Å². The number of esters is 1. The number of rotatable bonds is 6. The van der Waals surface area contributed by atoms with Crippen molar-refractivity contribution in [1.82, 2.24) is 10.9 Å². The number of carbonyl (C=O) groups excluding carboxylic acids is 1. The van der Waals surface area contributed by atoms with Crippen molar-refractivity contribution in [2.24, 2.45) is 34.4 Å². The SMILES string of the molecule is CCOC(=O)[C@@H]1CC2C[C@@H](CC/C(N)=N/NN)CCC2CN1. The van der Waals surface area contributed by atoms with E-state index >= 15 is 0 Å². The number of hydrogen-bond donors (Lipinski definition) is 4. The standard InChI is InChI=1S/C15H29N5O2/c1-2-22-15(21)13-8-12-7-10(3-5-11(12)9-18-13)4-6-14(16)19-20-17/h10-13,18,20H,2-9,17H2,1H3,(H2,16,19)/t10-,11?,12?,13+/m1/s1. The first-order valence-electron chi connectivity index (χ1n) is 8.31. The van der Waals surface area contributed by atoms with Gasteiger partial charge in [-0.25, -0.2) is 11.4 Å². The summed E-state index contributed by atoms with van der Waals surface area (Å²) in [4.78, 5) is 11.9. The Morgan fingerprint density at radius 3 is 2.91 bits per heavy atom. The Kier molecular flexibility index (Phi) is 6.45. The Balaban J connectivity index is 1.82. The molecule has 2 aliphatic rings. The highest BCUT2D eigenvalue weighted by molar-refractivity contribution is 5.79. The van der Waals surface area contributed by atoms with Gasteiger partial charge in [0.1, 0.15) is 11.9 Å². The van der Waals surface area contributed by atoms with Crippen LogP contribution in [0.25, 0.3) is 0 Å². The van der Waals surface area contributed by atoms with Crippen LogP contribution < -0.4 is 22.4 Å². The molecule has 2 rings (SSSR count). The highest BCUT2D eigenvalue weighted by Gasteiger charge is 2.37. The molecule has 1 aliphatic heterocycles. The number of amidine groups is 1. The van der Waals surface area contributed by atoms with E-state index in [4.69, 9.17) is 16.3 Å². The van der Waals surface area contributed by atoms with Crippen LogP contribution >= 0.6 is 0 Å². The fraction of sp³-hybridized carbons (Fsp3) is 0.867. The van der Waals surface area contributed by atoms with Gasteiger partial charge < -0.3 is 15.8 Å². The summed E-state index contributed by atoms with van der Waals surface area (Å²) in [6, 6.07) is -0.131. The number of nitrogens with two attached hydrogens (primary N) is 2. The molecule has 2 fully saturated rings. The van der Waals surface area contributed by atoms with Gasteiger partial charge in [0.2, 0.25) is 0 Å². The van der Waals surface area contributed by atoms with Crippen LogP contribution in [-0.4, -0.2) is 31.0 Å². The first-order chi connectivity index (χ1) is 10.6. The first kappa shape index (κ1) is 17.0. The van der Waals surface area contributed by atoms with E-state index in [1.165, 1.54) is 19.3 Å². The predicted molar refractivity (Wildman–Crippen MR) is 85.5 cm³/mol. The Bertz CT molecular complexity index is 401. The summed E-state index contributed by atoms with van der Waals surface area (Å²) < 4.78 is 5.14. The zero-order valence-corrected chi connectivity index (χ0v) is 13.4. The fourth-order valence-electron chi connectivity index (χ4n) is 3.84. The number of carbonyl (C=O) groups is 1. The molecule has 7 heteroatoms. The maximum Gasteiger partial charge on any atom is 0.323 e. The third-order valence-electron chi connectivity index (χ3n) is 5.00. The fourth-order valence-corrected chi connectivity index (χ4v) is 3.84. The molecule has 2 unspecified atom stereocenters. The molecule has 22 heavy (non-hydrogen) atoms. The van der Waals surface area contributed by atoms with Crippen molar-refractivity contribution >= 4 is 11.8 Å². The highest BCUT2D eigenvalue weighted by atomic mass is 16.5. The lowest BCUT2D eigenvalue weighted by atomic mass is 9.69. The van der Waals surface area contributed by atoms with Crippen molar-refractivity contribution in [2.45, 2.75) is 51.5 Å². The van der Waals surface area contributed by atoms with Crippen LogP contribution in [-0.2, 0) is 9.53 Å². The summed E-state index contributed by atoms with van der Waals surface area (Å²) in [5.74, 6) is 7.54. The van der Waals surface area contributed by atoms with Gasteiger partial charge in [0.05, 0.1) is 6.61 Å². The van der Waals surface area contributed by atoms with Crippen molar-refractivity contribution < 1.29 is 9.53 Å². The normalized spacial score (nSPS) is 32.2. The maximum absolute atomic E-state index is 11.9. The van der Waals surface area contributed by atoms with E-state index in [2.05, 4.69) is 16.0 Å². The third-order valence-corrected chi connectivity index (χ3v) is 5.00. The minimum Gasteiger partial charge on any atom is -0.465 e. The summed E-state index contributed by atoms with van der Waals surface area (Å²) in [5, 5.41) is 7.15. The molecule has 1 aliphatic carbocycles. The summed E-state index contributed by atoms with van der Waals surface area (Å²) in [6.07, 6.45) is 6.34. The molecule has 0 spiro atoms. The molecule has 1 saturated heterocycles. The molecule has 0 radical (unpaired) electrons. The quantitative estimate of drug-likeness (QED) is 0.186. The Morgan fingerprint density at radius 1 is 1.36 bits per heavy atom. The predicted octanol–water partition coefficient (Wildman–Crippen LogP) is 0.460. The van der Waals surface area contributed by atoms with E-state index < -0.39 is 0 Å². The van der Waals surface area contributed by atoms with Crippen molar-refractivity contribution in [3.8, 4) is 0 Å². The average Bonchev–Trinajstić information content (AvgIpc) is 2.52. The molecule has 0 aromatic rings. The second-order valence-corrected chi connectivity index (χ2v) is 6.42. The van der Waals surface area contributed by atoms with Gasteiger partial charge in [-0.05, 0) is 56.9 Å². The number of hydrazine groups is 1. The summed E-state index contributed by atoms with van der Waals surface area (Å²) in [7, 11) is 0. The second kappa shape index (κ2) is 8.33. The molecular weight excluding hydrogens is 282 g/mol. The molecule has 1 heterocycles. The van der Waals surface area contributed by atoms with Crippen molar-refractivity contribution in [3.05, 3.63) is 0 Å². The van der Waals surface area contributed by atoms with Gasteiger partial charge in [0.15, 0.2) is 0 Å². The average molecular weight is 311 g/mol. The smallest absolute Gasteiger partial charge is 0.323 e. The number of nitrogens with zero attached hydrogens (tertiary/aromatic N) is 1. The number of piperidine rings is 1.